The van der Waals surface area contributed by atoms with Crippen molar-refractivity contribution >= 4 is 29.1 Å². The smallest absolute Gasteiger partial charge is 0.263 e. The lowest BCUT2D eigenvalue weighted by Gasteiger charge is -2.26. The van der Waals surface area contributed by atoms with E-state index in [0.29, 0.717) is 15.8 Å². The van der Waals surface area contributed by atoms with Crippen molar-refractivity contribution in [3.05, 3.63) is 28.2 Å². The molecule has 0 aliphatic carbocycles. The zero-order valence-corrected chi connectivity index (χ0v) is 17.9. The molecule has 3 nitrogen and oxygen atoms in total. The highest BCUT2D eigenvalue weighted by molar-refractivity contribution is 6.35. The third kappa shape index (κ3) is 8.64. The van der Waals surface area contributed by atoms with Gasteiger partial charge in [0.15, 0.2) is 6.10 Å². The second-order valence-corrected chi connectivity index (χ2v) is 7.63. The van der Waals surface area contributed by atoms with Crippen LogP contribution in [0.3, 0.4) is 0 Å². The van der Waals surface area contributed by atoms with Gasteiger partial charge < -0.3 is 9.64 Å². The summed E-state index contributed by atoms with van der Waals surface area (Å²) in [5.41, 5.74) is 0. The monoisotopic (exact) mass is 401 g/mol. The van der Waals surface area contributed by atoms with Gasteiger partial charge in [0, 0.05) is 18.1 Å². The van der Waals surface area contributed by atoms with Crippen LogP contribution in [-0.2, 0) is 4.79 Å². The fraction of sp³-hybridized carbons (Fsp3) is 0.667. The Morgan fingerprint density at radius 2 is 1.58 bits per heavy atom. The Bertz CT molecular complexity index is 525. The first-order chi connectivity index (χ1) is 12.5. The minimum Gasteiger partial charge on any atom is -0.479 e. The van der Waals surface area contributed by atoms with Crippen LogP contribution in [0.1, 0.15) is 72.1 Å². The number of hydrogen-bond donors (Lipinski definition) is 0. The van der Waals surface area contributed by atoms with E-state index < -0.39 is 6.10 Å². The van der Waals surface area contributed by atoms with Gasteiger partial charge in [0.25, 0.3) is 5.91 Å². The molecule has 0 bridgehead atoms. The molecule has 5 heteroatoms. The van der Waals surface area contributed by atoms with Gasteiger partial charge in [-0.05, 0) is 38.0 Å². The summed E-state index contributed by atoms with van der Waals surface area (Å²) in [5.74, 6) is 0.526. The van der Waals surface area contributed by atoms with Crippen molar-refractivity contribution < 1.29 is 9.53 Å². The highest BCUT2D eigenvalue weighted by atomic mass is 35.5. The van der Waals surface area contributed by atoms with Crippen molar-refractivity contribution in [2.45, 2.75) is 78.2 Å². The van der Waals surface area contributed by atoms with Crippen LogP contribution >= 0.6 is 23.2 Å². The molecule has 1 rings (SSSR count). The number of benzene rings is 1. The van der Waals surface area contributed by atoms with Crippen LogP contribution in [0, 0.1) is 0 Å². The van der Waals surface area contributed by atoms with Crippen molar-refractivity contribution in [3.8, 4) is 5.75 Å². The summed E-state index contributed by atoms with van der Waals surface area (Å²) in [6.07, 6.45) is 8.66. The number of amides is 1. The lowest BCUT2D eigenvalue weighted by molar-refractivity contribution is -0.138. The van der Waals surface area contributed by atoms with Gasteiger partial charge in [0.1, 0.15) is 5.75 Å². The zero-order valence-electron chi connectivity index (χ0n) is 16.4. The summed E-state index contributed by atoms with van der Waals surface area (Å²) in [6, 6.07) is 5.05. The highest BCUT2D eigenvalue weighted by Gasteiger charge is 2.22. The SMILES string of the molecule is CCCCCCN(CCCCCC)C(=O)C(C)Oc1ccc(Cl)cc1Cl. The maximum Gasteiger partial charge on any atom is 0.263 e. The van der Waals surface area contributed by atoms with Gasteiger partial charge in [-0.2, -0.15) is 0 Å². The fourth-order valence-electron chi connectivity index (χ4n) is 2.86. The third-order valence-electron chi connectivity index (χ3n) is 4.42. The van der Waals surface area contributed by atoms with E-state index in [0.717, 1.165) is 38.8 Å². The van der Waals surface area contributed by atoms with Crippen LogP contribution in [0.15, 0.2) is 18.2 Å². The molecule has 0 spiro atoms. The summed E-state index contributed by atoms with van der Waals surface area (Å²) >= 11 is 12.1. The van der Waals surface area contributed by atoms with E-state index in [1.54, 1.807) is 25.1 Å². The second kappa shape index (κ2) is 13.3. The predicted molar refractivity (Wildman–Crippen MR) is 111 cm³/mol. The maximum atomic E-state index is 12.9. The van der Waals surface area contributed by atoms with Gasteiger partial charge in [-0.25, -0.2) is 0 Å². The van der Waals surface area contributed by atoms with Crippen LogP contribution in [0.5, 0.6) is 5.75 Å². The Balaban J connectivity index is 2.64. The first kappa shape index (κ1) is 23.1. The topological polar surface area (TPSA) is 29.5 Å². The van der Waals surface area contributed by atoms with Crippen molar-refractivity contribution in [2.24, 2.45) is 0 Å². The molecule has 1 aromatic rings. The molecule has 0 radical (unpaired) electrons. The summed E-state index contributed by atoms with van der Waals surface area (Å²) in [7, 11) is 0. The molecule has 0 N–H and O–H groups in total. The van der Waals surface area contributed by atoms with Gasteiger partial charge in [0.05, 0.1) is 5.02 Å². The Labute approximate surface area is 169 Å². The number of halogens is 2. The molecule has 0 saturated carbocycles. The Morgan fingerprint density at radius 1 is 1.00 bits per heavy atom. The standard InChI is InChI=1S/C21H33Cl2NO2/c1-4-6-8-10-14-24(15-11-9-7-5-2)21(25)17(3)26-20-13-12-18(22)16-19(20)23/h12-13,16-17H,4-11,14-15H2,1-3H3. The molecule has 1 unspecified atom stereocenters. The number of carbonyl (C=O) groups is 1. The molecule has 0 aliphatic heterocycles. The second-order valence-electron chi connectivity index (χ2n) is 6.78. The molecule has 0 aliphatic rings. The molecule has 0 fully saturated rings. The number of hydrogen-bond acceptors (Lipinski definition) is 2. The van der Waals surface area contributed by atoms with Crippen LogP contribution < -0.4 is 4.74 Å². The fourth-order valence-corrected chi connectivity index (χ4v) is 3.31. The van der Waals surface area contributed by atoms with Crippen LogP contribution in [0.25, 0.3) is 0 Å². The van der Waals surface area contributed by atoms with Crippen LogP contribution in [-0.4, -0.2) is 30.0 Å². The average Bonchev–Trinajstić information content (AvgIpc) is 2.62. The minimum atomic E-state index is -0.564. The molecule has 26 heavy (non-hydrogen) atoms. The van der Waals surface area contributed by atoms with Crippen molar-refractivity contribution in [3.63, 3.8) is 0 Å². The van der Waals surface area contributed by atoms with Gasteiger partial charge in [-0.1, -0.05) is 75.6 Å². The molecular formula is C21H33Cl2NO2. The largest absolute Gasteiger partial charge is 0.479 e. The molecule has 0 heterocycles. The zero-order chi connectivity index (χ0) is 19.4. The number of rotatable bonds is 13. The maximum absolute atomic E-state index is 12.9. The van der Waals surface area contributed by atoms with Gasteiger partial charge in [0.2, 0.25) is 0 Å². The van der Waals surface area contributed by atoms with E-state index in [1.807, 2.05) is 4.90 Å². The highest BCUT2D eigenvalue weighted by Crippen LogP contribution is 2.28. The van der Waals surface area contributed by atoms with E-state index in [4.69, 9.17) is 27.9 Å². The molecule has 1 atom stereocenters. The molecule has 0 aromatic heterocycles. The van der Waals surface area contributed by atoms with Crippen molar-refractivity contribution in [1.29, 1.82) is 0 Å². The predicted octanol–water partition coefficient (Wildman–Crippen LogP) is 6.75. The Morgan fingerprint density at radius 3 is 2.08 bits per heavy atom. The average molecular weight is 402 g/mol. The molecule has 148 valence electrons. The lowest BCUT2D eigenvalue weighted by atomic mass is 10.1. The Hall–Kier alpha value is -0.930. The number of nitrogens with zero attached hydrogens (tertiary/aromatic N) is 1. The molecule has 1 aromatic carbocycles. The number of carbonyl (C=O) groups excluding carboxylic acids is 1. The van der Waals surface area contributed by atoms with Crippen molar-refractivity contribution in [2.75, 3.05) is 13.1 Å². The van der Waals surface area contributed by atoms with E-state index >= 15 is 0 Å². The first-order valence-electron chi connectivity index (χ1n) is 9.90. The summed E-state index contributed by atoms with van der Waals surface area (Å²) in [4.78, 5) is 14.8. The van der Waals surface area contributed by atoms with Gasteiger partial charge in [-0.15, -0.1) is 0 Å². The minimum absolute atomic E-state index is 0.0315. The quantitative estimate of drug-likeness (QED) is 0.342. The summed E-state index contributed by atoms with van der Waals surface area (Å²) < 4.78 is 5.82. The van der Waals surface area contributed by atoms with E-state index in [-0.39, 0.29) is 5.91 Å². The van der Waals surface area contributed by atoms with E-state index in [9.17, 15) is 4.79 Å². The lowest BCUT2D eigenvalue weighted by Crippen LogP contribution is -2.41. The van der Waals surface area contributed by atoms with Crippen LogP contribution in [0.2, 0.25) is 10.0 Å². The summed E-state index contributed by atoms with van der Waals surface area (Å²) in [6.45, 7) is 7.78. The molecule has 1 amide bonds. The van der Waals surface area contributed by atoms with Gasteiger partial charge in [-0.3, -0.25) is 4.79 Å². The molecular weight excluding hydrogens is 369 g/mol. The number of unbranched alkanes of at least 4 members (excludes halogenated alkanes) is 6. The molecule has 0 saturated heterocycles. The number of ether oxygens (including phenoxy) is 1. The Kier molecular flexibility index (Phi) is 11.8. The van der Waals surface area contributed by atoms with Crippen molar-refractivity contribution in [1.82, 2.24) is 4.90 Å². The first-order valence-corrected chi connectivity index (χ1v) is 10.7. The normalized spacial score (nSPS) is 12.0. The summed E-state index contributed by atoms with van der Waals surface area (Å²) in [5, 5.41) is 0.976. The van der Waals surface area contributed by atoms with E-state index in [2.05, 4.69) is 13.8 Å². The third-order valence-corrected chi connectivity index (χ3v) is 4.95. The van der Waals surface area contributed by atoms with Gasteiger partial charge >= 0.3 is 0 Å². The van der Waals surface area contributed by atoms with E-state index in [1.165, 1.54) is 25.7 Å². The van der Waals surface area contributed by atoms with Crippen LogP contribution in [0.4, 0.5) is 0 Å².